The molecule has 0 saturated carbocycles. The van der Waals surface area contributed by atoms with Gasteiger partial charge in [0.15, 0.2) is 5.82 Å². The van der Waals surface area contributed by atoms with Gasteiger partial charge in [-0.1, -0.05) is 0 Å². The Bertz CT molecular complexity index is 553. The average Bonchev–Trinajstić information content (AvgIpc) is 2.69. The molecule has 0 aliphatic carbocycles. The Kier molecular flexibility index (Phi) is 5.85. The minimum atomic E-state index is 0. The predicted molar refractivity (Wildman–Crippen MR) is 84.4 cm³/mol. The summed E-state index contributed by atoms with van der Waals surface area (Å²) in [5.74, 6) is 1.07. The molecule has 3 N–H and O–H groups in total. The third kappa shape index (κ3) is 2.97. The lowest BCUT2D eigenvalue weighted by atomic mass is 9.95. The molecule has 0 bridgehead atoms. The van der Waals surface area contributed by atoms with E-state index in [1.807, 2.05) is 4.52 Å². The van der Waals surface area contributed by atoms with Crippen molar-refractivity contribution in [3.63, 3.8) is 0 Å². The van der Waals surface area contributed by atoms with Crippen LogP contribution in [0.2, 0.25) is 0 Å². The number of hydrogen-bond acceptors (Lipinski definition) is 4. The smallest absolute Gasteiger partial charge is 0.152 e. The van der Waals surface area contributed by atoms with Crippen molar-refractivity contribution >= 4 is 52.1 Å². The lowest BCUT2D eigenvalue weighted by molar-refractivity contribution is 0.448. The predicted octanol–water partition coefficient (Wildman–Crippen LogP) is 2.38. The van der Waals surface area contributed by atoms with E-state index in [-0.39, 0.29) is 24.8 Å². The molecular formula is C11H16BrCl2N5. The summed E-state index contributed by atoms with van der Waals surface area (Å²) in [6.45, 7) is 2.13. The average molecular weight is 369 g/mol. The van der Waals surface area contributed by atoms with E-state index in [1.54, 1.807) is 0 Å². The minimum absolute atomic E-state index is 0. The van der Waals surface area contributed by atoms with E-state index >= 15 is 0 Å². The first-order valence-electron chi connectivity index (χ1n) is 5.75. The third-order valence-electron chi connectivity index (χ3n) is 3.32. The van der Waals surface area contributed by atoms with E-state index < -0.39 is 0 Å². The summed E-state index contributed by atoms with van der Waals surface area (Å²) in [7, 11) is 0. The van der Waals surface area contributed by atoms with Gasteiger partial charge in [-0.05, 0) is 47.9 Å². The molecule has 19 heavy (non-hydrogen) atoms. The Balaban J connectivity index is 0.000000902. The molecule has 1 aliphatic heterocycles. The summed E-state index contributed by atoms with van der Waals surface area (Å²) in [4.78, 5) is 4.03. The van der Waals surface area contributed by atoms with Gasteiger partial charge >= 0.3 is 0 Å². The van der Waals surface area contributed by atoms with Crippen molar-refractivity contribution in [1.82, 2.24) is 19.9 Å². The molecule has 2 aromatic rings. The maximum absolute atomic E-state index is 5.89. The van der Waals surface area contributed by atoms with Crippen molar-refractivity contribution in [3.05, 3.63) is 22.6 Å². The van der Waals surface area contributed by atoms with Crippen LogP contribution in [0.3, 0.4) is 0 Å². The van der Waals surface area contributed by atoms with E-state index in [9.17, 15) is 0 Å². The number of nitrogens with one attached hydrogen (secondary N) is 1. The van der Waals surface area contributed by atoms with E-state index in [0.717, 1.165) is 35.9 Å². The van der Waals surface area contributed by atoms with Gasteiger partial charge in [-0.25, -0.2) is 9.50 Å². The fourth-order valence-corrected chi connectivity index (χ4v) is 3.06. The number of fused-ring (bicyclic) bond motifs is 1. The quantitative estimate of drug-likeness (QED) is 0.810. The van der Waals surface area contributed by atoms with Crippen molar-refractivity contribution in [2.45, 2.75) is 18.8 Å². The molecule has 106 valence electrons. The SMILES string of the molecule is Cl.Cl.Nc1ncnn2c(C3CCNCC3)cc(Br)c12. The summed E-state index contributed by atoms with van der Waals surface area (Å²) in [6.07, 6.45) is 3.80. The molecule has 0 spiro atoms. The van der Waals surface area contributed by atoms with Crippen molar-refractivity contribution < 1.29 is 0 Å². The normalized spacial score (nSPS) is 15.8. The van der Waals surface area contributed by atoms with Gasteiger partial charge in [0.2, 0.25) is 0 Å². The maximum atomic E-state index is 5.89. The molecule has 3 heterocycles. The fraction of sp³-hybridized carbons (Fsp3) is 0.455. The molecular weight excluding hydrogens is 353 g/mol. The van der Waals surface area contributed by atoms with Gasteiger partial charge in [-0.3, -0.25) is 0 Å². The second kappa shape index (κ2) is 6.74. The van der Waals surface area contributed by atoms with Gasteiger partial charge in [0.05, 0.1) is 0 Å². The molecule has 0 atom stereocenters. The highest BCUT2D eigenvalue weighted by molar-refractivity contribution is 9.10. The molecule has 0 amide bonds. The number of nitrogens with zero attached hydrogens (tertiary/aromatic N) is 3. The van der Waals surface area contributed by atoms with E-state index in [1.165, 1.54) is 12.0 Å². The molecule has 8 heteroatoms. The van der Waals surface area contributed by atoms with Gasteiger partial charge in [-0.2, -0.15) is 5.10 Å². The van der Waals surface area contributed by atoms with Crippen LogP contribution in [0.25, 0.3) is 5.52 Å². The van der Waals surface area contributed by atoms with Crippen LogP contribution in [-0.2, 0) is 0 Å². The third-order valence-corrected chi connectivity index (χ3v) is 3.93. The van der Waals surface area contributed by atoms with Gasteiger partial charge in [0.25, 0.3) is 0 Å². The topological polar surface area (TPSA) is 68.2 Å². The summed E-state index contributed by atoms with van der Waals surface area (Å²) < 4.78 is 2.90. The lowest BCUT2D eigenvalue weighted by Crippen LogP contribution is -2.27. The first-order chi connectivity index (χ1) is 8.27. The number of halogens is 3. The molecule has 2 aromatic heterocycles. The molecule has 0 aromatic carbocycles. The summed E-state index contributed by atoms with van der Waals surface area (Å²) in [6, 6.07) is 2.12. The van der Waals surface area contributed by atoms with Crippen LogP contribution >= 0.6 is 40.7 Å². The van der Waals surface area contributed by atoms with Gasteiger partial charge in [-0.15, -0.1) is 24.8 Å². The number of nitrogens with two attached hydrogens (primary N) is 1. The molecule has 1 fully saturated rings. The Labute approximate surface area is 132 Å². The molecule has 5 nitrogen and oxygen atoms in total. The number of anilines is 1. The van der Waals surface area contributed by atoms with Crippen molar-refractivity contribution in [3.8, 4) is 0 Å². The number of hydrogen-bond donors (Lipinski definition) is 2. The van der Waals surface area contributed by atoms with Crippen LogP contribution in [0, 0.1) is 0 Å². The summed E-state index contributed by atoms with van der Waals surface area (Å²) in [5, 5.41) is 7.69. The zero-order valence-electron chi connectivity index (χ0n) is 10.2. The molecule has 1 aliphatic rings. The fourth-order valence-electron chi connectivity index (χ4n) is 2.45. The molecule has 0 radical (unpaired) electrons. The second-order valence-electron chi connectivity index (χ2n) is 4.35. The monoisotopic (exact) mass is 367 g/mol. The highest BCUT2D eigenvalue weighted by Crippen LogP contribution is 2.32. The Morgan fingerprint density at radius 3 is 2.68 bits per heavy atom. The Morgan fingerprint density at radius 2 is 2.00 bits per heavy atom. The summed E-state index contributed by atoms with van der Waals surface area (Å²) >= 11 is 3.54. The van der Waals surface area contributed by atoms with Gasteiger partial charge < -0.3 is 11.1 Å². The van der Waals surface area contributed by atoms with Crippen molar-refractivity contribution in [2.75, 3.05) is 18.8 Å². The summed E-state index contributed by atoms with van der Waals surface area (Å²) in [5.41, 5.74) is 7.99. The Morgan fingerprint density at radius 1 is 1.32 bits per heavy atom. The maximum Gasteiger partial charge on any atom is 0.152 e. The van der Waals surface area contributed by atoms with E-state index in [2.05, 4.69) is 37.4 Å². The largest absolute Gasteiger partial charge is 0.382 e. The first-order valence-corrected chi connectivity index (χ1v) is 6.55. The number of rotatable bonds is 1. The minimum Gasteiger partial charge on any atom is -0.382 e. The van der Waals surface area contributed by atoms with Crippen LogP contribution < -0.4 is 11.1 Å². The number of nitrogen functional groups attached to an aromatic ring is 1. The van der Waals surface area contributed by atoms with Crippen LogP contribution in [0.5, 0.6) is 0 Å². The van der Waals surface area contributed by atoms with Crippen LogP contribution in [0.4, 0.5) is 5.82 Å². The van der Waals surface area contributed by atoms with Gasteiger partial charge in [0.1, 0.15) is 11.8 Å². The second-order valence-corrected chi connectivity index (χ2v) is 5.20. The van der Waals surface area contributed by atoms with Crippen molar-refractivity contribution in [2.24, 2.45) is 0 Å². The van der Waals surface area contributed by atoms with Gasteiger partial charge in [0, 0.05) is 16.1 Å². The molecule has 1 saturated heterocycles. The van der Waals surface area contributed by atoms with Crippen LogP contribution in [0.15, 0.2) is 16.9 Å². The van der Waals surface area contributed by atoms with Crippen LogP contribution in [-0.4, -0.2) is 27.7 Å². The molecule has 0 unspecified atom stereocenters. The number of aromatic nitrogens is 3. The highest BCUT2D eigenvalue weighted by Gasteiger charge is 2.21. The number of piperidine rings is 1. The standard InChI is InChI=1S/C11H14BrN5.2ClH/c12-8-5-9(7-1-3-14-4-2-7)17-10(8)11(13)15-6-16-17;;/h5-7,14H,1-4H2,(H2,13,15,16);2*1H. The highest BCUT2D eigenvalue weighted by atomic mass is 79.9. The van der Waals surface area contributed by atoms with Crippen LogP contribution in [0.1, 0.15) is 24.5 Å². The first kappa shape index (κ1) is 16.5. The zero-order chi connectivity index (χ0) is 11.8. The lowest BCUT2D eigenvalue weighted by Gasteiger charge is -2.22. The van der Waals surface area contributed by atoms with E-state index in [4.69, 9.17) is 5.73 Å². The zero-order valence-corrected chi connectivity index (χ0v) is 13.4. The van der Waals surface area contributed by atoms with E-state index in [0.29, 0.717) is 11.7 Å². The van der Waals surface area contributed by atoms with Crippen molar-refractivity contribution in [1.29, 1.82) is 0 Å². The Hall–Kier alpha value is -0.560. The molecule has 3 rings (SSSR count).